The van der Waals surface area contributed by atoms with Crippen LogP contribution in [0, 0.1) is 29.1 Å². The Morgan fingerprint density at radius 2 is 2.00 bits per heavy atom. The summed E-state index contributed by atoms with van der Waals surface area (Å²) >= 11 is 1.69. The molecule has 2 unspecified atom stereocenters. The van der Waals surface area contributed by atoms with Gasteiger partial charge >= 0.3 is 6.03 Å². The number of carbonyl (C=O) groups is 1. The smallest absolute Gasteiger partial charge is 0.321 e. The lowest BCUT2D eigenvalue weighted by Gasteiger charge is -2.43. The Bertz CT molecular complexity index is 985. The molecule has 7 rings (SSSR count). The van der Waals surface area contributed by atoms with E-state index < -0.39 is 0 Å². The van der Waals surface area contributed by atoms with Crippen molar-refractivity contribution >= 4 is 28.7 Å². The van der Waals surface area contributed by atoms with E-state index in [1.54, 1.807) is 11.3 Å². The highest BCUT2D eigenvalue weighted by atomic mass is 32.1. The number of rotatable bonds is 6. The van der Waals surface area contributed by atoms with Crippen LogP contribution in [0.5, 0.6) is 0 Å². The molecule has 5 nitrogen and oxygen atoms in total. The number of anilines is 2. The van der Waals surface area contributed by atoms with Gasteiger partial charge in [-0.15, -0.1) is 11.3 Å². The van der Waals surface area contributed by atoms with Crippen LogP contribution in [0.3, 0.4) is 0 Å². The van der Waals surface area contributed by atoms with Crippen molar-refractivity contribution in [3.63, 3.8) is 0 Å². The van der Waals surface area contributed by atoms with Crippen LogP contribution >= 0.6 is 11.3 Å². The summed E-state index contributed by atoms with van der Waals surface area (Å²) in [7, 11) is 2.30. The summed E-state index contributed by atoms with van der Waals surface area (Å²) < 4.78 is 0. The fraction of sp³-hybridized carbons (Fsp3) is 0.577. The van der Waals surface area contributed by atoms with Gasteiger partial charge in [-0.1, -0.05) is 12.1 Å². The topological polar surface area (TPSA) is 61.6 Å². The molecule has 1 aromatic carbocycles. The summed E-state index contributed by atoms with van der Waals surface area (Å²) in [5.74, 6) is 3.62. The Labute approximate surface area is 195 Å². The minimum atomic E-state index is -0.0377. The molecule has 2 aromatic rings. The predicted octanol–water partition coefficient (Wildman–Crippen LogP) is 5.22. The van der Waals surface area contributed by atoms with Gasteiger partial charge in [-0.25, -0.2) is 4.79 Å². The fourth-order valence-corrected chi connectivity index (χ4v) is 8.30. The third-order valence-corrected chi connectivity index (χ3v) is 9.58. The summed E-state index contributed by atoms with van der Waals surface area (Å²) in [6.07, 6.45) is 7.46. The SMILES string of the molecule is CN(CC1CN(C(=O)Nc2cc(-c3cccs3)ccc2N)C1)CC12CC3CC(CC1C3)C2. The Morgan fingerprint density at radius 1 is 1.22 bits per heavy atom. The van der Waals surface area contributed by atoms with Gasteiger partial charge in [0.05, 0.1) is 11.4 Å². The number of nitrogens with one attached hydrogen (secondary N) is 1. The predicted molar refractivity (Wildman–Crippen MR) is 132 cm³/mol. The van der Waals surface area contributed by atoms with E-state index in [0.29, 0.717) is 22.7 Å². The highest BCUT2D eigenvalue weighted by molar-refractivity contribution is 7.13. The van der Waals surface area contributed by atoms with Crippen LogP contribution in [-0.2, 0) is 0 Å². The Kier molecular flexibility index (Phi) is 4.99. The van der Waals surface area contributed by atoms with Gasteiger partial charge in [0.2, 0.25) is 0 Å². The van der Waals surface area contributed by atoms with Crippen LogP contribution < -0.4 is 11.1 Å². The van der Waals surface area contributed by atoms with Crippen LogP contribution in [0.15, 0.2) is 35.7 Å². The Balaban J connectivity index is 1.01. The molecule has 5 fully saturated rings. The average molecular weight is 451 g/mol. The van der Waals surface area contributed by atoms with Crippen molar-refractivity contribution in [1.29, 1.82) is 0 Å². The van der Waals surface area contributed by atoms with Crippen molar-refractivity contribution in [1.82, 2.24) is 9.80 Å². The molecule has 2 amide bonds. The second-order valence-corrected chi connectivity index (χ2v) is 12.0. The standard InChI is InChI=1S/C26H34N4OS/c1-29(16-26-11-17-7-18(12-26)9-21(26)8-17)13-19-14-30(15-19)25(31)28-23-10-20(4-5-22(23)27)24-3-2-6-32-24/h2-6,10,17-19,21H,7-9,11-16,27H2,1H3,(H,28,31). The van der Waals surface area contributed by atoms with Gasteiger partial charge in [0.15, 0.2) is 0 Å². The first kappa shape index (κ1) is 20.5. The molecule has 0 spiro atoms. The third-order valence-electron chi connectivity index (χ3n) is 8.66. The van der Waals surface area contributed by atoms with E-state index >= 15 is 0 Å². The molecule has 2 atom stereocenters. The lowest BCUT2D eigenvalue weighted by molar-refractivity contribution is 0.0735. The molecular formula is C26H34N4OS. The van der Waals surface area contributed by atoms with Crippen LogP contribution in [0.1, 0.15) is 32.1 Å². The van der Waals surface area contributed by atoms with Crippen molar-refractivity contribution in [3.05, 3.63) is 35.7 Å². The molecule has 0 radical (unpaired) electrons. The molecule has 2 heterocycles. The summed E-state index contributed by atoms with van der Waals surface area (Å²) in [5.41, 5.74) is 9.15. The number of benzene rings is 1. The van der Waals surface area contributed by atoms with Gasteiger partial charge < -0.3 is 20.9 Å². The number of hydrogen-bond acceptors (Lipinski definition) is 4. The second-order valence-electron chi connectivity index (χ2n) is 11.1. The van der Waals surface area contributed by atoms with E-state index in [1.807, 2.05) is 29.2 Å². The average Bonchev–Trinajstić information content (AvgIpc) is 3.39. The van der Waals surface area contributed by atoms with E-state index in [4.69, 9.17) is 5.73 Å². The number of amides is 2. The maximum absolute atomic E-state index is 12.8. The number of hydrogen-bond donors (Lipinski definition) is 2. The van der Waals surface area contributed by atoms with Gasteiger partial charge in [-0.05, 0) is 91.5 Å². The van der Waals surface area contributed by atoms with Crippen LogP contribution in [-0.4, -0.2) is 49.1 Å². The van der Waals surface area contributed by atoms with Crippen LogP contribution in [0.4, 0.5) is 16.2 Å². The monoisotopic (exact) mass is 450 g/mol. The molecule has 1 saturated heterocycles. The molecule has 6 heteroatoms. The summed E-state index contributed by atoms with van der Waals surface area (Å²) in [4.78, 5) is 18.5. The first-order chi connectivity index (χ1) is 15.5. The highest BCUT2D eigenvalue weighted by Gasteiger charge is 2.57. The normalized spacial score (nSPS) is 30.8. The van der Waals surface area contributed by atoms with E-state index in [0.717, 1.165) is 43.0 Å². The first-order valence-corrected chi connectivity index (χ1v) is 13.0. The zero-order valence-corrected chi connectivity index (χ0v) is 19.7. The molecule has 4 aliphatic carbocycles. The lowest BCUT2D eigenvalue weighted by Crippen LogP contribution is -2.55. The number of thiophene rings is 1. The number of carbonyl (C=O) groups excluding carboxylic acids is 1. The Morgan fingerprint density at radius 3 is 2.72 bits per heavy atom. The molecule has 4 bridgehead atoms. The molecule has 32 heavy (non-hydrogen) atoms. The molecule has 5 aliphatic rings. The fourth-order valence-electron chi connectivity index (χ4n) is 7.57. The quantitative estimate of drug-likeness (QED) is 0.593. The minimum absolute atomic E-state index is 0.0377. The van der Waals surface area contributed by atoms with Crippen molar-refractivity contribution < 1.29 is 4.79 Å². The van der Waals surface area contributed by atoms with Crippen molar-refractivity contribution in [3.8, 4) is 10.4 Å². The van der Waals surface area contributed by atoms with Gasteiger partial charge in [0.25, 0.3) is 0 Å². The summed E-state index contributed by atoms with van der Waals surface area (Å²) in [6.45, 7) is 4.04. The minimum Gasteiger partial charge on any atom is -0.397 e. The maximum atomic E-state index is 12.8. The summed E-state index contributed by atoms with van der Waals surface area (Å²) in [6, 6.07) is 9.95. The molecule has 3 N–H and O–H groups in total. The lowest BCUT2D eigenvalue weighted by atomic mass is 9.75. The molecule has 1 aromatic heterocycles. The van der Waals surface area contributed by atoms with Crippen molar-refractivity contribution in [2.24, 2.45) is 29.1 Å². The number of likely N-dealkylation sites (tertiary alicyclic amines) is 1. The summed E-state index contributed by atoms with van der Waals surface area (Å²) in [5, 5.41) is 5.10. The molecule has 4 saturated carbocycles. The Hall–Kier alpha value is -2.05. The number of nitrogen functional groups attached to an aromatic ring is 1. The van der Waals surface area contributed by atoms with Crippen LogP contribution in [0.25, 0.3) is 10.4 Å². The zero-order chi connectivity index (χ0) is 21.9. The second kappa shape index (κ2) is 7.77. The van der Waals surface area contributed by atoms with Crippen molar-refractivity contribution in [2.45, 2.75) is 32.1 Å². The number of nitrogens with two attached hydrogens (primary N) is 1. The van der Waals surface area contributed by atoms with Gasteiger partial charge in [-0.3, -0.25) is 0 Å². The molecule has 1 aliphatic heterocycles. The number of urea groups is 1. The van der Waals surface area contributed by atoms with Crippen molar-refractivity contribution in [2.75, 3.05) is 44.3 Å². The van der Waals surface area contributed by atoms with E-state index in [2.05, 4.69) is 28.7 Å². The molecule has 170 valence electrons. The van der Waals surface area contributed by atoms with Gasteiger partial charge in [0, 0.05) is 37.0 Å². The van der Waals surface area contributed by atoms with E-state index in [9.17, 15) is 4.79 Å². The number of nitrogens with zero attached hydrogens (tertiary/aromatic N) is 2. The zero-order valence-electron chi connectivity index (χ0n) is 18.9. The van der Waals surface area contributed by atoms with Gasteiger partial charge in [-0.2, -0.15) is 0 Å². The van der Waals surface area contributed by atoms with E-state index in [-0.39, 0.29) is 6.03 Å². The van der Waals surface area contributed by atoms with Crippen LogP contribution in [0.2, 0.25) is 0 Å². The first-order valence-electron chi connectivity index (χ1n) is 12.2. The largest absolute Gasteiger partial charge is 0.397 e. The third kappa shape index (κ3) is 3.61. The van der Waals surface area contributed by atoms with Gasteiger partial charge in [0.1, 0.15) is 0 Å². The molecular weight excluding hydrogens is 416 g/mol. The maximum Gasteiger partial charge on any atom is 0.321 e. The highest BCUT2D eigenvalue weighted by Crippen LogP contribution is 2.65. The van der Waals surface area contributed by atoms with E-state index in [1.165, 1.54) is 43.5 Å².